The van der Waals surface area contributed by atoms with Gasteiger partial charge < -0.3 is 14.7 Å². The number of carbonyl (C=O) groups is 1. The molecule has 1 aliphatic rings. The molecule has 0 bridgehead atoms. The first-order valence-electron chi connectivity index (χ1n) is 8.47. The van der Waals surface area contributed by atoms with Crippen LogP contribution in [0.25, 0.3) is 0 Å². The first kappa shape index (κ1) is 19.7. The fourth-order valence-electron chi connectivity index (χ4n) is 2.81. The van der Waals surface area contributed by atoms with E-state index in [1.165, 1.54) is 12.1 Å². The van der Waals surface area contributed by atoms with E-state index in [0.717, 1.165) is 5.56 Å². The lowest BCUT2D eigenvalue weighted by Gasteiger charge is -2.34. The van der Waals surface area contributed by atoms with Gasteiger partial charge in [0.2, 0.25) is 9.84 Å². The van der Waals surface area contributed by atoms with Gasteiger partial charge in [0.15, 0.2) is 5.44 Å². The number of carbonyl (C=O) groups excluding carboxylic acids is 1. The summed E-state index contributed by atoms with van der Waals surface area (Å²) in [5.74, 6) is -0.398. The van der Waals surface area contributed by atoms with Crippen molar-refractivity contribution in [2.45, 2.75) is 56.5 Å². The number of hydrogen-bond acceptors (Lipinski definition) is 5. The van der Waals surface area contributed by atoms with Crippen LogP contribution in [0, 0.1) is 12.8 Å². The predicted octanol–water partition coefficient (Wildman–Crippen LogP) is 2.73. The van der Waals surface area contributed by atoms with Crippen molar-refractivity contribution in [3.8, 4) is 0 Å². The maximum atomic E-state index is 12.6. The average molecular weight is 369 g/mol. The number of nitrogens with zero attached hydrogens (tertiary/aromatic N) is 1. The highest BCUT2D eigenvalue weighted by Gasteiger charge is 2.36. The molecule has 0 spiro atoms. The molecule has 25 heavy (non-hydrogen) atoms. The van der Waals surface area contributed by atoms with Gasteiger partial charge in [-0.1, -0.05) is 17.7 Å². The molecule has 1 fully saturated rings. The minimum Gasteiger partial charge on any atom is -0.444 e. The molecule has 140 valence electrons. The van der Waals surface area contributed by atoms with Crippen molar-refractivity contribution in [2.75, 3.05) is 13.1 Å². The molecule has 0 aliphatic carbocycles. The van der Waals surface area contributed by atoms with E-state index in [-0.39, 0.29) is 4.90 Å². The summed E-state index contributed by atoms with van der Waals surface area (Å²) >= 11 is 0. The molecule has 1 amide bonds. The van der Waals surface area contributed by atoms with E-state index in [4.69, 9.17) is 4.74 Å². The zero-order valence-electron chi connectivity index (χ0n) is 15.2. The Morgan fingerprint density at radius 1 is 1.20 bits per heavy atom. The first-order chi connectivity index (χ1) is 11.5. The van der Waals surface area contributed by atoms with Gasteiger partial charge in [0, 0.05) is 19.0 Å². The lowest BCUT2D eigenvalue weighted by atomic mass is 9.98. The molecular formula is C18H27NO5S. The number of ether oxygens (including phenoxy) is 1. The molecule has 0 radical (unpaired) electrons. The first-order valence-corrected chi connectivity index (χ1v) is 10.0. The summed E-state index contributed by atoms with van der Waals surface area (Å²) in [6, 6.07) is 6.46. The van der Waals surface area contributed by atoms with Crippen LogP contribution in [0.15, 0.2) is 29.2 Å². The van der Waals surface area contributed by atoms with Crippen molar-refractivity contribution in [1.29, 1.82) is 0 Å². The number of piperidine rings is 1. The van der Waals surface area contributed by atoms with E-state index in [1.807, 2.05) is 6.92 Å². The Balaban J connectivity index is 2.00. The van der Waals surface area contributed by atoms with Gasteiger partial charge in [0.25, 0.3) is 0 Å². The summed E-state index contributed by atoms with van der Waals surface area (Å²) in [5.41, 5.74) is -1.07. The average Bonchev–Trinajstić information content (AvgIpc) is 2.53. The van der Waals surface area contributed by atoms with Crippen LogP contribution in [0.1, 0.15) is 39.2 Å². The zero-order chi connectivity index (χ0) is 18.8. The molecule has 0 unspecified atom stereocenters. The third-order valence-corrected chi connectivity index (χ3v) is 6.21. The zero-order valence-corrected chi connectivity index (χ0v) is 16.0. The largest absolute Gasteiger partial charge is 0.444 e. The molecule has 1 N–H and O–H groups in total. The normalized spacial score (nSPS) is 18.0. The fraction of sp³-hybridized carbons (Fsp3) is 0.611. The molecule has 0 saturated carbocycles. The summed E-state index contributed by atoms with van der Waals surface area (Å²) < 4.78 is 30.5. The number of benzene rings is 1. The highest BCUT2D eigenvalue weighted by molar-refractivity contribution is 7.91. The molecule has 1 aromatic carbocycles. The molecule has 1 aliphatic heterocycles. The van der Waals surface area contributed by atoms with Crippen molar-refractivity contribution in [1.82, 2.24) is 4.90 Å². The van der Waals surface area contributed by atoms with Crippen molar-refractivity contribution in [2.24, 2.45) is 5.92 Å². The molecule has 1 aromatic rings. The highest BCUT2D eigenvalue weighted by Crippen LogP contribution is 2.28. The van der Waals surface area contributed by atoms with Crippen molar-refractivity contribution < 1.29 is 23.1 Å². The van der Waals surface area contributed by atoms with Gasteiger partial charge in [-0.05, 0) is 52.7 Å². The summed E-state index contributed by atoms with van der Waals surface area (Å²) in [6.45, 7) is 8.03. The van der Waals surface area contributed by atoms with Gasteiger partial charge in [-0.3, -0.25) is 0 Å². The van der Waals surface area contributed by atoms with Crippen molar-refractivity contribution in [3.05, 3.63) is 29.8 Å². The van der Waals surface area contributed by atoms with Crippen molar-refractivity contribution >= 4 is 15.9 Å². The van der Waals surface area contributed by atoms with Crippen LogP contribution in [0.3, 0.4) is 0 Å². The Hall–Kier alpha value is -1.60. The number of aryl methyl sites for hydroxylation is 1. The number of aliphatic hydroxyl groups excluding tert-OH is 1. The van der Waals surface area contributed by atoms with Gasteiger partial charge >= 0.3 is 6.09 Å². The Bertz CT molecular complexity index is 698. The quantitative estimate of drug-likeness (QED) is 0.886. The van der Waals surface area contributed by atoms with Crippen LogP contribution in [-0.4, -0.2) is 48.6 Å². The van der Waals surface area contributed by atoms with Crippen LogP contribution in [-0.2, 0) is 14.6 Å². The standard InChI is InChI=1S/C18H27NO5S/c1-13-5-7-15(8-6-13)25(22,23)16(20)14-9-11-19(12-10-14)17(21)24-18(2,3)4/h5-8,14,16,20H,9-12H2,1-4H3/t16-/m1/s1. The van der Waals surface area contributed by atoms with E-state index >= 15 is 0 Å². The topological polar surface area (TPSA) is 83.9 Å². The fourth-order valence-corrected chi connectivity index (χ4v) is 4.39. The number of aliphatic hydroxyl groups is 1. The maximum absolute atomic E-state index is 12.6. The van der Waals surface area contributed by atoms with Gasteiger partial charge in [-0.2, -0.15) is 0 Å². The smallest absolute Gasteiger partial charge is 0.410 e. The summed E-state index contributed by atoms with van der Waals surface area (Å²) in [6.07, 6.45) is 0.443. The minimum absolute atomic E-state index is 0.125. The summed E-state index contributed by atoms with van der Waals surface area (Å²) in [4.78, 5) is 13.8. The number of amides is 1. The third-order valence-electron chi connectivity index (χ3n) is 4.26. The Kier molecular flexibility index (Phi) is 5.79. The SMILES string of the molecule is Cc1ccc(S(=O)(=O)[C@@H](O)C2CCN(C(=O)OC(C)(C)C)CC2)cc1. The second-order valence-corrected chi connectivity index (χ2v) is 9.60. The van der Waals surface area contributed by atoms with E-state index < -0.39 is 32.9 Å². The molecule has 1 atom stereocenters. The molecule has 2 rings (SSSR count). The van der Waals surface area contributed by atoms with Crippen molar-refractivity contribution in [3.63, 3.8) is 0 Å². The van der Waals surface area contributed by atoms with Crippen LogP contribution in [0.2, 0.25) is 0 Å². The molecule has 1 heterocycles. The van der Waals surface area contributed by atoms with Gasteiger partial charge in [0.05, 0.1) is 4.90 Å². The number of sulfone groups is 1. The molecular weight excluding hydrogens is 342 g/mol. The second-order valence-electron chi connectivity index (χ2n) is 7.55. The lowest BCUT2D eigenvalue weighted by Crippen LogP contribution is -2.44. The van der Waals surface area contributed by atoms with Gasteiger partial charge in [0.1, 0.15) is 5.60 Å². The van der Waals surface area contributed by atoms with Gasteiger partial charge in [-0.15, -0.1) is 0 Å². The summed E-state index contributed by atoms with van der Waals surface area (Å²) in [5, 5.41) is 10.4. The van der Waals surface area contributed by atoms with E-state index in [2.05, 4.69) is 0 Å². The lowest BCUT2D eigenvalue weighted by molar-refractivity contribution is 0.0141. The van der Waals surface area contributed by atoms with Gasteiger partial charge in [-0.25, -0.2) is 13.2 Å². The van der Waals surface area contributed by atoms with E-state index in [1.54, 1.807) is 37.8 Å². The van der Waals surface area contributed by atoms with Crippen LogP contribution in [0.4, 0.5) is 4.79 Å². The highest BCUT2D eigenvalue weighted by atomic mass is 32.2. The van der Waals surface area contributed by atoms with Crippen LogP contribution < -0.4 is 0 Å². The maximum Gasteiger partial charge on any atom is 0.410 e. The summed E-state index contributed by atoms with van der Waals surface area (Å²) in [7, 11) is -3.80. The Morgan fingerprint density at radius 3 is 2.20 bits per heavy atom. The second kappa shape index (κ2) is 7.33. The minimum atomic E-state index is -3.80. The van der Waals surface area contributed by atoms with Crippen LogP contribution >= 0.6 is 0 Å². The predicted molar refractivity (Wildman–Crippen MR) is 94.9 cm³/mol. The number of hydrogen-bond donors (Lipinski definition) is 1. The number of rotatable bonds is 3. The number of likely N-dealkylation sites (tertiary alicyclic amines) is 1. The molecule has 7 heteroatoms. The molecule has 1 saturated heterocycles. The Morgan fingerprint density at radius 2 is 1.72 bits per heavy atom. The third kappa shape index (κ3) is 4.95. The van der Waals surface area contributed by atoms with Crippen LogP contribution in [0.5, 0.6) is 0 Å². The molecule has 6 nitrogen and oxygen atoms in total. The monoisotopic (exact) mass is 369 g/mol. The van der Waals surface area contributed by atoms with E-state index in [9.17, 15) is 18.3 Å². The van der Waals surface area contributed by atoms with E-state index in [0.29, 0.717) is 25.9 Å². The molecule has 0 aromatic heterocycles. The Labute approximate surface area is 149 Å².